The van der Waals surface area contributed by atoms with E-state index in [0.29, 0.717) is 0 Å². The molecule has 0 bridgehead atoms. The fourth-order valence-electron chi connectivity index (χ4n) is 1.76. The average molecular weight is 266 g/mol. The van der Waals surface area contributed by atoms with Crippen molar-refractivity contribution in [3.05, 3.63) is 18.1 Å². The Morgan fingerprint density at radius 3 is 3.00 bits per heavy atom. The molecule has 0 radical (unpaired) electrons. The minimum Gasteiger partial charge on any atom is -0.358 e. The SMILES string of the molecule is CSCCCN(C)c1cncc(CNC2CC2)n1. The molecule has 0 spiro atoms. The van der Waals surface area contributed by atoms with Gasteiger partial charge in [-0.15, -0.1) is 0 Å². The molecule has 1 aromatic heterocycles. The smallest absolute Gasteiger partial charge is 0.147 e. The second-order valence-corrected chi connectivity index (χ2v) is 5.78. The summed E-state index contributed by atoms with van der Waals surface area (Å²) in [6.07, 6.45) is 9.64. The Balaban J connectivity index is 1.84. The van der Waals surface area contributed by atoms with Gasteiger partial charge in [-0.25, -0.2) is 4.98 Å². The monoisotopic (exact) mass is 266 g/mol. The van der Waals surface area contributed by atoms with Gasteiger partial charge < -0.3 is 10.2 Å². The summed E-state index contributed by atoms with van der Waals surface area (Å²) in [5.74, 6) is 2.17. The van der Waals surface area contributed by atoms with Crippen molar-refractivity contribution in [2.75, 3.05) is 30.5 Å². The first-order valence-corrected chi connectivity index (χ1v) is 7.93. The highest BCUT2D eigenvalue weighted by Crippen LogP contribution is 2.19. The maximum absolute atomic E-state index is 4.65. The fourth-order valence-corrected chi connectivity index (χ4v) is 2.18. The van der Waals surface area contributed by atoms with Crippen molar-refractivity contribution in [2.24, 2.45) is 0 Å². The van der Waals surface area contributed by atoms with Crippen LogP contribution in [0.2, 0.25) is 0 Å². The van der Waals surface area contributed by atoms with E-state index in [1.807, 2.05) is 24.2 Å². The maximum Gasteiger partial charge on any atom is 0.147 e. The van der Waals surface area contributed by atoms with Crippen LogP contribution in [0.15, 0.2) is 12.4 Å². The predicted octanol–water partition coefficient (Wildman–Crippen LogP) is 1.92. The first-order valence-electron chi connectivity index (χ1n) is 6.54. The zero-order valence-corrected chi connectivity index (χ0v) is 12.0. The molecule has 0 aliphatic heterocycles. The van der Waals surface area contributed by atoms with Gasteiger partial charge in [0.1, 0.15) is 5.82 Å². The lowest BCUT2D eigenvalue weighted by Crippen LogP contribution is -2.22. The minimum atomic E-state index is 0.717. The van der Waals surface area contributed by atoms with Gasteiger partial charge in [0.05, 0.1) is 11.9 Å². The molecular formula is C13H22N4S. The van der Waals surface area contributed by atoms with E-state index in [9.17, 15) is 0 Å². The zero-order valence-electron chi connectivity index (χ0n) is 11.2. The lowest BCUT2D eigenvalue weighted by atomic mass is 10.4. The molecule has 1 heterocycles. The molecular weight excluding hydrogens is 244 g/mol. The van der Waals surface area contributed by atoms with E-state index < -0.39 is 0 Å². The molecule has 5 heteroatoms. The Bertz CT molecular complexity index is 368. The molecule has 0 saturated heterocycles. The zero-order chi connectivity index (χ0) is 12.8. The third-order valence-corrected chi connectivity index (χ3v) is 3.75. The molecule has 2 rings (SSSR count). The van der Waals surface area contributed by atoms with Gasteiger partial charge in [0.25, 0.3) is 0 Å². The van der Waals surface area contributed by atoms with Crippen LogP contribution in [0, 0.1) is 0 Å². The average Bonchev–Trinajstić information content (AvgIpc) is 3.21. The van der Waals surface area contributed by atoms with E-state index in [2.05, 4.69) is 33.5 Å². The van der Waals surface area contributed by atoms with Crippen LogP contribution >= 0.6 is 11.8 Å². The van der Waals surface area contributed by atoms with Gasteiger partial charge in [-0.1, -0.05) is 0 Å². The molecule has 1 aromatic rings. The highest BCUT2D eigenvalue weighted by Gasteiger charge is 2.20. The van der Waals surface area contributed by atoms with Crippen LogP contribution in [-0.2, 0) is 6.54 Å². The number of thioether (sulfide) groups is 1. The van der Waals surface area contributed by atoms with Gasteiger partial charge in [-0.05, 0) is 31.3 Å². The summed E-state index contributed by atoms with van der Waals surface area (Å²) in [5, 5.41) is 3.47. The molecule has 1 aliphatic carbocycles. The first kappa shape index (κ1) is 13.6. The van der Waals surface area contributed by atoms with Crippen molar-refractivity contribution in [3.8, 4) is 0 Å². The topological polar surface area (TPSA) is 41.1 Å². The number of hydrogen-bond acceptors (Lipinski definition) is 5. The summed E-state index contributed by atoms with van der Waals surface area (Å²) in [4.78, 5) is 11.1. The number of anilines is 1. The lowest BCUT2D eigenvalue weighted by molar-refractivity contribution is 0.670. The van der Waals surface area contributed by atoms with Gasteiger partial charge in [0.2, 0.25) is 0 Å². The van der Waals surface area contributed by atoms with Gasteiger partial charge in [0, 0.05) is 32.4 Å². The third kappa shape index (κ3) is 4.46. The van der Waals surface area contributed by atoms with Crippen molar-refractivity contribution in [2.45, 2.75) is 31.8 Å². The molecule has 1 saturated carbocycles. The van der Waals surface area contributed by atoms with Crippen LogP contribution in [0.4, 0.5) is 5.82 Å². The number of rotatable bonds is 8. The summed E-state index contributed by atoms with van der Waals surface area (Å²) in [6, 6.07) is 0.717. The normalized spacial score (nSPS) is 14.8. The van der Waals surface area contributed by atoms with Gasteiger partial charge in [-0.2, -0.15) is 11.8 Å². The van der Waals surface area contributed by atoms with Crippen molar-refractivity contribution >= 4 is 17.6 Å². The fraction of sp³-hybridized carbons (Fsp3) is 0.692. The summed E-state index contributed by atoms with van der Waals surface area (Å²) in [7, 11) is 2.09. The molecule has 18 heavy (non-hydrogen) atoms. The van der Waals surface area contributed by atoms with Gasteiger partial charge in [0.15, 0.2) is 0 Å². The number of hydrogen-bond donors (Lipinski definition) is 1. The van der Waals surface area contributed by atoms with Gasteiger partial charge >= 0.3 is 0 Å². The summed E-state index contributed by atoms with van der Waals surface area (Å²) in [5.41, 5.74) is 1.04. The number of nitrogens with zero attached hydrogens (tertiary/aromatic N) is 3. The Morgan fingerprint density at radius 1 is 1.44 bits per heavy atom. The lowest BCUT2D eigenvalue weighted by Gasteiger charge is -2.18. The van der Waals surface area contributed by atoms with E-state index >= 15 is 0 Å². The van der Waals surface area contributed by atoms with Crippen LogP contribution in [-0.4, -0.2) is 41.6 Å². The van der Waals surface area contributed by atoms with E-state index in [4.69, 9.17) is 0 Å². The Morgan fingerprint density at radius 2 is 2.28 bits per heavy atom. The molecule has 0 amide bonds. The van der Waals surface area contributed by atoms with Crippen LogP contribution in [0.25, 0.3) is 0 Å². The third-order valence-electron chi connectivity index (χ3n) is 3.05. The van der Waals surface area contributed by atoms with Crippen molar-refractivity contribution in [1.29, 1.82) is 0 Å². The van der Waals surface area contributed by atoms with E-state index in [0.717, 1.165) is 30.6 Å². The molecule has 1 fully saturated rings. The number of nitrogens with one attached hydrogen (secondary N) is 1. The molecule has 1 aliphatic rings. The molecule has 0 atom stereocenters. The van der Waals surface area contributed by atoms with E-state index in [1.54, 1.807) is 0 Å². The number of aromatic nitrogens is 2. The molecule has 1 N–H and O–H groups in total. The quantitative estimate of drug-likeness (QED) is 0.728. The second-order valence-electron chi connectivity index (χ2n) is 4.79. The standard InChI is InChI=1S/C13H22N4S/c1-17(6-3-7-18-2)13-10-14-8-12(16-13)9-15-11-4-5-11/h8,10-11,15H,3-7,9H2,1-2H3. The van der Waals surface area contributed by atoms with Crippen molar-refractivity contribution in [3.63, 3.8) is 0 Å². The predicted molar refractivity (Wildman–Crippen MR) is 78.2 cm³/mol. The highest BCUT2D eigenvalue weighted by molar-refractivity contribution is 7.98. The van der Waals surface area contributed by atoms with Crippen LogP contribution in [0.1, 0.15) is 25.0 Å². The molecule has 100 valence electrons. The minimum absolute atomic E-state index is 0.717. The molecule has 0 unspecified atom stereocenters. The van der Waals surface area contributed by atoms with Crippen LogP contribution < -0.4 is 10.2 Å². The Kier molecular flexibility index (Phi) is 5.26. The molecule has 4 nitrogen and oxygen atoms in total. The van der Waals surface area contributed by atoms with Crippen molar-refractivity contribution < 1.29 is 0 Å². The summed E-state index contributed by atoms with van der Waals surface area (Å²) in [6.45, 7) is 1.87. The van der Waals surface area contributed by atoms with E-state index in [1.165, 1.54) is 25.0 Å². The van der Waals surface area contributed by atoms with Gasteiger partial charge in [-0.3, -0.25) is 4.98 Å². The maximum atomic E-state index is 4.65. The Labute approximate surface area is 114 Å². The van der Waals surface area contributed by atoms with Crippen molar-refractivity contribution in [1.82, 2.24) is 15.3 Å². The Hall–Kier alpha value is -0.810. The largest absolute Gasteiger partial charge is 0.358 e. The second kappa shape index (κ2) is 6.95. The van der Waals surface area contributed by atoms with E-state index in [-0.39, 0.29) is 0 Å². The summed E-state index contributed by atoms with van der Waals surface area (Å²) >= 11 is 1.89. The first-order chi connectivity index (χ1) is 8.79. The molecule has 0 aromatic carbocycles. The highest BCUT2D eigenvalue weighted by atomic mass is 32.2. The summed E-state index contributed by atoms with van der Waals surface area (Å²) < 4.78 is 0. The van der Waals surface area contributed by atoms with Crippen LogP contribution in [0.3, 0.4) is 0 Å². The van der Waals surface area contributed by atoms with Crippen LogP contribution in [0.5, 0.6) is 0 Å².